The zero-order valence-electron chi connectivity index (χ0n) is 8.17. The average molecular weight is 334 g/mol. The fourth-order valence-electron chi connectivity index (χ4n) is 0.946. The topological polar surface area (TPSA) is 57.2 Å². The molecule has 1 aromatic carbocycles. The third kappa shape index (κ3) is 3.46. The van der Waals surface area contributed by atoms with Crippen molar-refractivity contribution in [3.8, 4) is 0 Å². The van der Waals surface area contributed by atoms with Crippen molar-refractivity contribution in [1.29, 1.82) is 0 Å². The standard InChI is InChI=1S/C8H9IO3S.Na/c1-5-3-7(9)8(4-6(5)2)13(10,11)12;/h3-4H,1-2H3,(H,10,11,12);/q;+1/p-1. The van der Waals surface area contributed by atoms with E-state index in [0.717, 1.165) is 11.1 Å². The molecule has 6 heteroatoms. The van der Waals surface area contributed by atoms with Gasteiger partial charge in [-0.1, -0.05) is 0 Å². The van der Waals surface area contributed by atoms with Crippen molar-refractivity contribution < 1.29 is 42.5 Å². The minimum atomic E-state index is -4.33. The molecule has 0 saturated heterocycles. The van der Waals surface area contributed by atoms with E-state index in [9.17, 15) is 13.0 Å². The van der Waals surface area contributed by atoms with E-state index in [-0.39, 0.29) is 34.5 Å². The van der Waals surface area contributed by atoms with Crippen LogP contribution in [0.15, 0.2) is 17.0 Å². The molecule has 72 valence electrons. The summed E-state index contributed by atoms with van der Waals surface area (Å²) in [7, 11) is -4.33. The number of halogens is 1. The predicted molar refractivity (Wildman–Crippen MR) is 56.6 cm³/mol. The van der Waals surface area contributed by atoms with Gasteiger partial charge in [0.15, 0.2) is 0 Å². The van der Waals surface area contributed by atoms with E-state index in [4.69, 9.17) is 0 Å². The van der Waals surface area contributed by atoms with Crippen LogP contribution in [0.5, 0.6) is 0 Å². The van der Waals surface area contributed by atoms with E-state index in [1.807, 2.05) is 29.5 Å². The van der Waals surface area contributed by atoms with Crippen LogP contribution in [0.4, 0.5) is 0 Å². The summed E-state index contributed by atoms with van der Waals surface area (Å²) in [5.41, 5.74) is 1.80. The SMILES string of the molecule is Cc1cc(I)c(S(=O)(=O)[O-])cc1C.[Na+]. The Morgan fingerprint density at radius 2 is 1.64 bits per heavy atom. The van der Waals surface area contributed by atoms with Crippen LogP contribution in [-0.4, -0.2) is 13.0 Å². The summed E-state index contributed by atoms with van der Waals surface area (Å²) in [5.74, 6) is 0. The minimum Gasteiger partial charge on any atom is -0.744 e. The summed E-state index contributed by atoms with van der Waals surface area (Å²) in [6.45, 7) is 3.65. The van der Waals surface area contributed by atoms with Gasteiger partial charge in [-0.05, 0) is 59.7 Å². The zero-order valence-corrected chi connectivity index (χ0v) is 13.1. The molecule has 0 spiro atoms. The Hall–Kier alpha value is 0.860. The van der Waals surface area contributed by atoms with Gasteiger partial charge in [0.2, 0.25) is 0 Å². The number of benzene rings is 1. The minimum absolute atomic E-state index is 0. The van der Waals surface area contributed by atoms with Crippen molar-refractivity contribution in [3.05, 3.63) is 26.8 Å². The van der Waals surface area contributed by atoms with Gasteiger partial charge in [0.1, 0.15) is 10.1 Å². The molecule has 0 saturated carbocycles. The molecule has 1 aromatic rings. The van der Waals surface area contributed by atoms with Gasteiger partial charge in [0, 0.05) is 3.57 Å². The molecule has 0 aromatic heterocycles. The molecule has 0 atom stereocenters. The fraction of sp³-hybridized carbons (Fsp3) is 0.250. The van der Waals surface area contributed by atoms with E-state index in [2.05, 4.69) is 0 Å². The summed E-state index contributed by atoms with van der Waals surface area (Å²) in [5, 5.41) is 0. The molecule has 1 rings (SSSR count). The molecule has 0 unspecified atom stereocenters. The third-order valence-corrected chi connectivity index (χ3v) is 3.95. The average Bonchev–Trinajstić information content (AvgIpc) is 1.94. The molecule has 0 bridgehead atoms. The molecule has 0 fully saturated rings. The van der Waals surface area contributed by atoms with Gasteiger partial charge in [0.25, 0.3) is 0 Å². The van der Waals surface area contributed by atoms with Crippen LogP contribution in [0.2, 0.25) is 0 Å². The van der Waals surface area contributed by atoms with Crippen LogP contribution in [0, 0.1) is 17.4 Å². The van der Waals surface area contributed by atoms with Gasteiger partial charge < -0.3 is 4.55 Å². The first-order valence-electron chi connectivity index (χ1n) is 3.55. The molecular weight excluding hydrogens is 326 g/mol. The fourth-order valence-corrected chi connectivity index (χ4v) is 3.00. The van der Waals surface area contributed by atoms with Crippen molar-refractivity contribution in [1.82, 2.24) is 0 Å². The van der Waals surface area contributed by atoms with Crippen molar-refractivity contribution in [3.63, 3.8) is 0 Å². The van der Waals surface area contributed by atoms with Crippen LogP contribution < -0.4 is 29.6 Å². The first kappa shape index (κ1) is 14.9. The number of rotatable bonds is 1. The summed E-state index contributed by atoms with van der Waals surface area (Å²) in [6.07, 6.45) is 0. The van der Waals surface area contributed by atoms with Crippen molar-refractivity contribution in [2.24, 2.45) is 0 Å². The maximum absolute atomic E-state index is 10.8. The molecule has 0 aliphatic heterocycles. The van der Waals surface area contributed by atoms with Crippen LogP contribution >= 0.6 is 22.6 Å². The molecule has 0 aliphatic carbocycles. The number of hydrogen-bond donors (Lipinski definition) is 0. The monoisotopic (exact) mass is 334 g/mol. The van der Waals surface area contributed by atoms with Gasteiger partial charge in [-0.25, -0.2) is 8.42 Å². The summed E-state index contributed by atoms with van der Waals surface area (Å²) in [6, 6.07) is 3.11. The summed E-state index contributed by atoms with van der Waals surface area (Å²) >= 11 is 1.85. The largest absolute Gasteiger partial charge is 1.00 e. The molecule has 14 heavy (non-hydrogen) atoms. The Kier molecular flexibility index (Phi) is 5.59. The maximum atomic E-state index is 10.8. The molecule has 0 N–H and O–H groups in total. The Balaban J connectivity index is 0.00000169. The summed E-state index contributed by atoms with van der Waals surface area (Å²) < 4.78 is 32.8. The van der Waals surface area contributed by atoms with Crippen LogP contribution in [0.1, 0.15) is 11.1 Å². The second kappa shape index (κ2) is 5.27. The molecule has 0 aliphatic rings. The summed E-state index contributed by atoms with van der Waals surface area (Å²) in [4.78, 5) is -0.129. The smallest absolute Gasteiger partial charge is 0.744 e. The molecular formula is C8H8INaO3S. The van der Waals surface area contributed by atoms with Crippen molar-refractivity contribution in [2.45, 2.75) is 18.7 Å². The van der Waals surface area contributed by atoms with Gasteiger partial charge >= 0.3 is 29.6 Å². The zero-order chi connectivity index (χ0) is 10.2. The number of hydrogen-bond acceptors (Lipinski definition) is 3. The first-order chi connectivity index (χ1) is 5.82. The second-order valence-electron chi connectivity index (χ2n) is 2.82. The van der Waals surface area contributed by atoms with Gasteiger partial charge in [0.05, 0.1) is 4.90 Å². The second-order valence-corrected chi connectivity index (χ2v) is 5.33. The van der Waals surface area contributed by atoms with E-state index >= 15 is 0 Å². The Morgan fingerprint density at radius 1 is 1.21 bits per heavy atom. The Morgan fingerprint density at radius 3 is 2.07 bits per heavy atom. The van der Waals surface area contributed by atoms with E-state index in [1.54, 1.807) is 13.0 Å². The van der Waals surface area contributed by atoms with E-state index in [1.165, 1.54) is 6.07 Å². The first-order valence-corrected chi connectivity index (χ1v) is 6.03. The van der Waals surface area contributed by atoms with Crippen LogP contribution in [0.25, 0.3) is 0 Å². The number of aryl methyl sites for hydroxylation is 2. The quantitative estimate of drug-likeness (QED) is 0.369. The van der Waals surface area contributed by atoms with Crippen molar-refractivity contribution in [2.75, 3.05) is 0 Å². The normalized spacial score (nSPS) is 10.9. The van der Waals surface area contributed by atoms with E-state index < -0.39 is 10.1 Å². The van der Waals surface area contributed by atoms with Gasteiger partial charge in [-0.15, -0.1) is 0 Å². The van der Waals surface area contributed by atoms with Gasteiger partial charge in [-0.2, -0.15) is 0 Å². The predicted octanol–water partition coefficient (Wildman–Crippen LogP) is -1.18. The Bertz CT molecular complexity index is 442. The van der Waals surface area contributed by atoms with Crippen LogP contribution in [0.3, 0.4) is 0 Å². The third-order valence-electron chi connectivity index (χ3n) is 1.82. The molecule has 0 heterocycles. The molecule has 0 amide bonds. The molecule has 3 nitrogen and oxygen atoms in total. The molecule has 0 radical (unpaired) electrons. The van der Waals surface area contributed by atoms with Gasteiger partial charge in [-0.3, -0.25) is 0 Å². The Labute approximate surface area is 119 Å². The van der Waals surface area contributed by atoms with Crippen LogP contribution in [-0.2, 0) is 10.1 Å². The van der Waals surface area contributed by atoms with E-state index in [0.29, 0.717) is 3.57 Å². The maximum Gasteiger partial charge on any atom is 1.00 e. The van der Waals surface area contributed by atoms with Crippen molar-refractivity contribution >= 4 is 32.7 Å².